The molecule has 1 fully saturated rings. The number of rotatable bonds is 6. The highest BCUT2D eigenvalue weighted by Gasteiger charge is 2.14. The summed E-state index contributed by atoms with van der Waals surface area (Å²) in [6.45, 7) is 4.37. The quantitative estimate of drug-likeness (QED) is 0.857. The summed E-state index contributed by atoms with van der Waals surface area (Å²) in [6, 6.07) is 2.59. The molecule has 1 aromatic carbocycles. The number of nitrogens with zero attached hydrogens (tertiary/aromatic N) is 1. The average Bonchev–Trinajstić information content (AvgIpc) is 2.43. The number of hydrogen-bond donors (Lipinski definition) is 1. The van der Waals surface area contributed by atoms with E-state index in [2.05, 4.69) is 10.2 Å². The van der Waals surface area contributed by atoms with Crippen LogP contribution in [0.25, 0.3) is 0 Å². The van der Waals surface area contributed by atoms with Gasteiger partial charge in [-0.05, 0) is 24.7 Å². The highest BCUT2D eigenvalue weighted by Crippen LogP contribution is 2.23. The Bertz CT molecular complexity index is 414. The van der Waals surface area contributed by atoms with Crippen LogP contribution in [0.1, 0.15) is 5.56 Å². The molecule has 1 heterocycles. The third-order valence-electron chi connectivity index (χ3n) is 3.20. The maximum absolute atomic E-state index is 13.8. The summed E-state index contributed by atoms with van der Waals surface area (Å²) >= 11 is 0. The Morgan fingerprint density at radius 3 is 2.50 bits per heavy atom. The monoisotopic (exact) mass is 286 g/mol. The van der Waals surface area contributed by atoms with Crippen molar-refractivity contribution in [1.29, 1.82) is 0 Å². The molecular formula is C14H20F2N2O2. The third kappa shape index (κ3) is 4.13. The van der Waals surface area contributed by atoms with Gasteiger partial charge in [0.2, 0.25) is 0 Å². The van der Waals surface area contributed by atoms with Gasteiger partial charge in [0.15, 0.2) is 17.4 Å². The lowest BCUT2D eigenvalue weighted by molar-refractivity contribution is 0.0318. The first-order chi connectivity index (χ1) is 9.70. The molecule has 0 unspecified atom stereocenters. The molecule has 2 rings (SSSR count). The zero-order valence-electron chi connectivity index (χ0n) is 11.6. The van der Waals surface area contributed by atoms with Crippen LogP contribution >= 0.6 is 0 Å². The van der Waals surface area contributed by atoms with Gasteiger partial charge >= 0.3 is 0 Å². The van der Waals surface area contributed by atoms with E-state index in [9.17, 15) is 8.78 Å². The summed E-state index contributed by atoms with van der Waals surface area (Å²) < 4.78 is 38.0. The minimum atomic E-state index is -0.655. The van der Waals surface area contributed by atoms with E-state index in [4.69, 9.17) is 9.47 Å². The van der Waals surface area contributed by atoms with E-state index < -0.39 is 11.6 Å². The second-order valence-corrected chi connectivity index (χ2v) is 4.72. The summed E-state index contributed by atoms with van der Waals surface area (Å²) in [5.41, 5.74) is 0.558. The van der Waals surface area contributed by atoms with Crippen LogP contribution in [0.2, 0.25) is 0 Å². The molecule has 20 heavy (non-hydrogen) atoms. The van der Waals surface area contributed by atoms with Gasteiger partial charge in [-0.1, -0.05) is 0 Å². The smallest absolute Gasteiger partial charge is 0.190 e. The van der Waals surface area contributed by atoms with Crippen molar-refractivity contribution in [2.45, 2.75) is 6.54 Å². The average molecular weight is 286 g/mol. The lowest BCUT2D eigenvalue weighted by atomic mass is 10.2. The maximum atomic E-state index is 13.8. The van der Waals surface area contributed by atoms with Gasteiger partial charge in [0, 0.05) is 26.2 Å². The summed E-state index contributed by atoms with van der Waals surface area (Å²) in [7, 11) is 1.72. The lowest BCUT2D eigenvalue weighted by Crippen LogP contribution is -2.38. The number of hydrogen-bond acceptors (Lipinski definition) is 4. The van der Waals surface area contributed by atoms with Crippen LogP contribution in [0.4, 0.5) is 8.78 Å². The largest absolute Gasteiger partial charge is 0.486 e. The van der Waals surface area contributed by atoms with Crippen molar-refractivity contribution >= 4 is 0 Å². The van der Waals surface area contributed by atoms with Crippen LogP contribution in [0.15, 0.2) is 12.1 Å². The maximum Gasteiger partial charge on any atom is 0.190 e. The summed E-state index contributed by atoms with van der Waals surface area (Å²) in [4.78, 5) is 2.15. The topological polar surface area (TPSA) is 33.7 Å². The van der Waals surface area contributed by atoms with Crippen molar-refractivity contribution in [3.05, 3.63) is 29.3 Å². The van der Waals surface area contributed by atoms with Gasteiger partial charge < -0.3 is 14.8 Å². The van der Waals surface area contributed by atoms with Gasteiger partial charge in [-0.15, -0.1) is 0 Å². The minimum absolute atomic E-state index is 0.263. The van der Waals surface area contributed by atoms with Crippen LogP contribution in [-0.4, -0.2) is 51.4 Å². The van der Waals surface area contributed by atoms with E-state index in [1.165, 1.54) is 12.1 Å². The molecule has 0 atom stereocenters. The van der Waals surface area contributed by atoms with Gasteiger partial charge in [-0.3, -0.25) is 4.90 Å². The Labute approximate surface area is 117 Å². The SMILES string of the molecule is CNCc1cc(F)c(OCCN2CCOCC2)c(F)c1. The molecule has 6 heteroatoms. The van der Waals surface area contributed by atoms with E-state index in [1.807, 2.05) is 0 Å². The Morgan fingerprint density at radius 1 is 1.25 bits per heavy atom. The zero-order valence-corrected chi connectivity index (χ0v) is 11.6. The summed E-state index contributed by atoms with van der Waals surface area (Å²) in [6.07, 6.45) is 0. The van der Waals surface area contributed by atoms with Crippen molar-refractivity contribution in [1.82, 2.24) is 10.2 Å². The standard InChI is InChI=1S/C14H20F2N2O2/c1-17-10-11-8-12(15)14(13(16)9-11)20-7-4-18-2-5-19-6-3-18/h8-9,17H,2-7,10H2,1H3. The number of benzene rings is 1. The zero-order chi connectivity index (χ0) is 14.4. The molecule has 0 bridgehead atoms. The predicted octanol–water partition coefficient (Wildman–Crippen LogP) is 1.40. The number of ether oxygens (including phenoxy) is 2. The molecule has 0 aromatic heterocycles. The third-order valence-corrected chi connectivity index (χ3v) is 3.20. The Hall–Kier alpha value is -1.24. The predicted molar refractivity (Wildman–Crippen MR) is 71.9 cm³/mol. The van der Waals surface area contributed by atoms with Gasteiger partial charge in [0.05, 0.1) is 13.2 Å². The molecule has 0 spiro atoms. The first-order valence-electron chi connectivity index (χ1n) is 6.76. The van der Waals surface area contributed by atoms with Crippen molar-refractivity contribution in [3.8, 4) is 5.75 Å². The summed E-state index contributed by atoms with van der Waals surface area (Å²) in [5.74, 6) is -1.60. The van der Waals surface area contributed by atoms with Crippen molar-refractivity contribution < 1.29 is 18.3 Å². The molecule has 1 aliphatic rings. The fourth-order valence-corrected chi connectivity index (χ4v) is 2.16. The Morgan fingerprint density at radius 2 is 1.90 bits per heavy atom. The van der Waals surface area contributed by atoms with Crippen molar-refractivity contribution in [3.63, 3.8) is 0 Å². The molecular weight excluding hydrogens is 266 g/mol. The second-order valence-electron chi connectivity index (χ2n) is 4.72. The normalized spacial score (nSPS) is 16.4. The lowest BCUT2D eigenvalue weighted by Gasteiger charge is -2.26. The van der Waals surface area contributed by atoms with Crippen LogP contribution in [0, 0.1) is 11.6 Å². The number of halogens is 2. The second kappa shape index (κ2) is 7.52. The van der Waals surface area contributed by atoms with Crippen LogP contribution < -0.4 is 10.1 Å². The fraction of sp³-hybridized carbons (Fsp3) is 0.571. The molecule has 1 aliphatic heterocycles. The van der Waals surface area contributed by atoms with E-state index in [-0.39, 0.29) is 12.4 Å². The molecule has 0 radical (unpaired) electrons. The van der Waals surface area contributed by atoms with Gasteiger partial charge in [0.1, 0.15) is 6.61 Å². The Kier molecular flexibility index (Phi) is 5.70. The summed E-state index contributed by atoms with van der Waals surface area (Å²) in [5, 5.41) is 2.85. The molecule has 1 aromatic rings. The molecule has 112 valence electrons. The first kappa shape index (κ1) is 15.2. The molecule has 0 aliphatic carbocycles. The van der Waals surface area contributed by atoms with E-state index >= 15 is 0 Å². The number of nitrogens with one attached hydrogen (secondary N) is 1. The van der Waals surface area contributed by atoms with Crippen LogP contribution in [0.3, 0.4) is 0 Å². The molecule has 0 amide bonds. The van der Waals surface area contributed by atoms with Crippen LogP contribution in [0.5, 0.6) is 5.75 Å². The Balaban J connectivity index is 1.88. The van der Waals surface area contributed by atoms with Gasteiger partial charge in [0.25, 0.3) is 0 Å². The molecule has 1 N–H and O–H groups in total. The van der Waals surface area contributed by atoms with Gasteiger partial charge in [-0.2, -0.15) is 0 Å². The number of morpholine rings is 1. The molecule has 1 saturated heterocycles. The highest BCUT2D eigenvalue weighted by atomic mass is 19.1. The highest BCUT2D eigenvalue weighted by molar-refractivity contribution is 5.31. The molecule has 4 nitrogen and oxygen atoms in total. The van der Waals surface area contributed by atoms with Crippen molar-refractivity contribution in [2.24, 2.45) is 0 Å². The van der Waals surface area contributed by atoms with Crippen molar-refractivity contribution in [2.75, 3.05) is 46.5 Å². The van der Waals surface area contributed by atoms with E-state index in [0.717, 1.165) is 13.1 Å². The molecule has 0 saturated carbocycles. The van der Waals surface area contributed by atoms with Gasteiger partial charge in [-0.25, -0.2) is 8.78 Å². The van der Waals surface area contributed by atoms with E-state index in [0.29, 0.717) is 31.9 Å². The first-order valence-corrected chi connectivity index (χ1v) is 6.76. The van der Waals surface area contributed by atoms with Crippen LogP contribution in [-0.2, 0) is 11.3 Å². The fourth-order valence-electron chi connectivity index (χ4n) is 2.16. The minimum Gasteiger partial charge on any atom is -0.486 e. The van der Waals surface area contributed by atoms with E-state index in [1.54, 1.807) is 7.05 Å².